The van der Waals surface area contributed by atoms with E-state index >= 15 is 0 Å². The van der Waals surface area contributed by atoms with Gasteiger partial charge in [0, 0.05) is 35.4 Å². The van der Waals surface area contributed by atoms with Crippen LogP contribution in [0.4, 0.5) is 5.69 Å². The van der Waals surface area contributed by atoms with Gasteiger partial charge in [0.05, 0.1) is 30.4 Å². The lowest BCUT2D eigenvalue weighted by Gasteiger charge is -2.31. The molecule has 2 aromatic rings. The zero-order valence-electron chi connectivity index (χ0n) is 18.3. The summed E-state index contributed by atoms with van der Waals surface area (Å²) < 4.78 is 10.5. The second-order valence-corrected chi connectivity index (χ2v) is 7.83. The number of fused-ring (bicyclic) bond motifs is 3. The van der Waals surface area contributed by atoms with Crippen LogP contribution in [-0.4, -0.2) is 35.3 Å². The number of nitro groups is 1. The Morgan fingerprint density at radius 2 is 2.03 bits per heavy atom. The van der Waals surface area contributed by atoms with Gasteiger partial charge in [0.15, 0.2) is 0 Å². The Balaban J connectivity index is 1.78. The summed E-state index contributed by atoms with van der Waals surface area (Å²) in [5.41, 5.74) is 4.78. The van der Waals surface area contributed by atoms with Gasteiger partial charge >= 0.3 is 5.97 Å². The Labute approximate surface area is 186 Å². The third-order valence-corrected chi connectivity index (χ3v) is 5.95. The highest BCUT2D eigenvalue weighted by Gasteiger charge is 2.42. The minimum atomic E-state index is -0.426. The molecule has 4 rings (SSSR count). The van der Waals surface area contributed by atoms with Gasteiger partial charge in [-0.05, 0) is 49.9 Å². The van der Waals surface area contributed by atoms with Crippen LogP contribution >= 0.6 is 0 Å². The van der Waals surface area contributed by atoms with E-state index in [1.807, 2.05) is 24.1 Å². The predicted molar refractivity (Wildman–Crippen MR) is 119 cm³/mol. The van der Waals surface area contributed by atoms with Gasteiger partial charge in [0.2, 0.25) is 0 Å². The molecule has 32 heavy (non-hydrogen) atoms. The van der Waals surface area contributed by atoms with Crippen molar-refractivity contribution in [1.82, 2.24) is 5.01 Å². The van der Waals surface area contributed by atoms with Gasteiger partial charge in [0.25, 0.3) is 5.69 Å². The molecule has 166 valence electrons. The fraction of sp³-hybridized carbons (Fsp3) is 0.333. The van der Waals surface area contributed by atoms with Gasteiger partial charge in [-0.1, -0.05) is 18.2 Å². The molecule has 2 aromatic carbocycles. The number of non-ortho nitro benzene ring substituents is 1. The molecule has 8 heteroatoms. The van der Waals surface area contributed by atoms with Crippen LogP contribution in [0.15, 0.2) is 59.3 Å². The van der Waals surface area contributed by atoms with Crippen molar-refractivity contribution in [2.45, 2.75) is 32.7 Å². The molecule has 0 radical (unpaired) electrons. The highest BCUT2D eigenvalue weighted by molar-refractivity contribution is 6.06. The van der Waals surface area contributed by atoms with E-state index in [2.05, 4.69) is 6.07 Å². The first-order valence-electron chi connectivity index (χ1n) is 10.6. The Morgan fingerprint density at radius 3 is 2.69 bits per heavy atom. The molecule has 1 aliphatic heterocycles. The van der Waals surface area contributed by atoms with Gasteiger partial charge in [-0.2, -0.15) is 5.10 Å². The average molecular weight is 435 g/mol. The molecule has 2 atom stereocenters. The smallest absolute Gasteiger partial charge is 0.332 e. The minimum absolute atomic E-state index is 0.0388. The van der Waals surface area contributed by atoms with Crippen molar-refractivity contribution in [3.05, 3.63) is 81.0 Å². The molecule has 0 aromatic heterocycles. The third kappa shape index (κ3) is 3.95. The van der Waals surface area contributed by atoms with Gasteiger partial charge in [-0.25, -0.2) is 4.79 Å². The van der Waals surface area contributed by atoms with E-state index < -0.39 is 10.9 Å². The lowest BCUT2D eigenvalue weighted by Crippen LogP contribution is -2.28. The first kappa shape index (κ1) is 21.5. The standard InChI is InChI=1S/C24H25N3O5/c1-4-32-22(28)13-15(2)26-24(17-5-9-18(10-6-17)27(29)30)20-12-8-16-7-11-19(31-3)14-21(16)23(20)25-26/h5-7,9-11,13-14,20,24H,4,8,12H2,1-3H3/b15-13+/t20-,24-/m0/s1. The van der Waals surface area contributed by atoms with Crippen molar-refractivity contribution in [2.75, 3.05) is 13.7 Å². The van der Waals surface area contributed by atoms with Crippen LogP contribution in [0.25, 0.3) is 0 Å². The maximum atomic E-state index is 12.1. The number of methoxy groups -OCH3 is 1. The second-order valence-electron chi connectivity index (χ2n) is 7.83. The monoisotopic (exact) mass is 435 g/mol. The summed E-state index contributed by atoms with van der Waals surface area (Å²) >= 11 is 0. The largest absolute Gasteiger partial charge is 0.497 e. The number of benzene rings is 2. The third-order valence-electron chi connectivity index (χ3n) is 5.95. The molecular formula is C24H25N3O5. The number of rotatable bonds is 6. The van der Waals surface area contributed by atoms with Gasteiger partial charge in [-0.15, -0.1) is 0 Å². The molecular weight excluding hydrogens is 410 g/mol. The average Bonchev–Trinajstić information content (AvgIpc) is 3.19. The molecule has 0 bridgehead atoms. The number of nitrogens with zero attached hydrogens (tertiary/aromatic N) is 3. The number of aryl methyl sites for hydroxylation is 1. The van der Waals surface area contributed by atoms with Crippen molar-refractivity contribution < 1.29 is 19.2 Å². The normalized spacial score (nSPS) is 19.7. The van der Waals surface area contributed by atoms with Crippen LogP contribution < -0.4 is 4.74 Å². The van der Waals surface area contributed by atoms with E-state index in [4.69, 9.17) is 14.6 Å². The highest BCUT2D eigenvalue weighted by Crippen LogP contribution is 2.45. The molecule has 1 aliphatic carbocycles. The van der Waals surface area contributed by atoms with Crippen LogP contribution in [0.3, 0.4) is 0 Å². The van der Waals surface area contributed by atoms with Crippen LogP contribution in [0.1, 0.15) is 43.0 Å². The summed E-state index contributed by atoms with van der Waals surface area (Å²) in [5.74, 6) is 0.405. The number of hydrogen-bond acceptors (Lipinski definition) is 7. The summed E-state index contributed by atoms with van der Waals surface area (Å²) in [6.07, 6.45) is 3.21. The molecule has 1 heterocycles. The van der Waals surface area contributed by atoms with E-state index in [9.17, 15) is 14.9 Å². The molecule has 0 saturated heterocycles. The van der Waals surface area contributed by atoms with Gasteiger partial charge in [0.1, 0.15) is 5.75 Å². The number of ether oxygens (including phenoxy) is 2. The van der Waals surface area contributed by atoms with Crippen molar-refractivity contribution >= 4 is 17.4 Å². The Bertz CT molecular complexity index is 1110. The number of hydrogen-bond donors (Lipinski definition) is 0. The number of esters is 1. The van der Waals surface area contributed by atoms with E-state index in [0.717, 1.165) is 35.4 Å². The van der Waals surface area contributed by atoms with Crippen LogP contribution in [0, 0.1) is 16.0 Å². The predicted octanol–water partition coefficient (Wildman–Crippen LogP) is 4.39. The molecule has 8 nitrogen and oxygen atoms in total. The number of hydrazone groups is 1. The topological polar surface area (TPSA) is 94.3 Å². The molecule has 0 fully saturated rings. The molecule has 0 unspecified atom stereocenters. The summed E-state index contributed by atoms with van der Waals surface area (Å²) in [7, 11) is 1.64. The zero-order valence-corrected chi connectivity index (χ0v) is 18.3. The van der Waals surface area contributed by atoms with Gasteiger partial charge in [-0.3, -0.25) is 15.1 Å². The number of allylic oxidation sites excluding steroid dienone is 1. The SMILES string of the molecule is CCOC(=O)/C=C(\C)N1N=C2c3cc(OC)ccc3CC[C@@H]2[C@@H]1c1ccc([N+](=O)[O-])cc1. The first-order valence-corrected chi connectivity index (χ1v) is 10.6. The maximum absolute atomic E-state index is 12.1. The van der Waals surface area contributed by atoms with E-state index in [1.165, 1.54) is 23.8 Å². The first-order chi connectivity index (χ1) is 15.4. The summed E-state index contributed by atoms with van der Waals surface area (Å²) in [6.45, 7) is 3.87. The minimum Gasteiger partial charge on any atom is -0.497 e. The molecule has 0 spiro atoms. The van der Waals surface area contributed by atoms with E-state index in [0.29, 0.717) is 12.3 Å². The Morgan fingerprint density at radius 1 is 1.28 bits per heavy atom. The van der Waals surface area contributed by atoms with E-state index in [-0.39, 0.29) is 17.6 Å². The lowest BCUT2D eigenvalue weighted by atomic mass is 9.77. The maximum Gasteiger partial charge on any atom is 0.332 e. The van der Waals surface area contributed by atoms with Crippen molar-refractivity contribution in [3.63, 3.8) is 0 Å². The van der Waals surface area contributed by atoms with Crippen LogP contribution in [0.5, 0.6) is 5.75 Å². The number of carbonyl (C=O) groups excluding carboxylic acids is 1. The summed E-state index contributed by atoms with van der Waals surface area (Å²) in [5, 5.41) is 17.9. The van der Waals surface area contributed by atoms with Crippen molar-refractivity contribution in [3.8, 4) is 5.75 Å². The van der Waals surface area contributed by atoms with Gasteiger partial charge < -0.3 is 9.47 Å². The molecule has 0 saturated carbocycles. The molecule has 0 N–H and O–H groups in total. The van der Waals surface area contributed by atoms with Crippen molar-refractivity contribution in [2.24, 2.45) is 11.0 Å². The number of nitro benzene ring substituents is 1. The lowest BCUT2D eigenvalue weighted by molar-refractivity contribution is -0.384. The Kier molecular flexibility index (Phi) is 5.94. The quantitative estimate of drug-likeness (QED) is 0.289. The second kappa shape index (κ2) is 8.82. The fourth-order valence-corrected chi connectivity index (χ4v) is 4.46. The van der Waals surface area contributed by atoms with Crippen LogP contribution in [-0.2, 0) is 16.0 Å². The van der Waals surface area contributed by atoms with Crippen LogP contribution in [0.2, 0.25) is 0 Å². The van der Waals surface area contributed by atoms with Crippen molar-refractivity contribution in [1.29, 1.82) is 0 Å². The zero-order chi connectivity index (χ0) is 22.8. The fourth-order valence-electron chi connectivity index (χ4n) is 4.46. The molecule has 2 aliphatic rings. The Hall–Kier alpha value is -3.68. The summed E-state index contributed by atoms with van der Waals surface area (Å²) in [6, 6.07) is 12.4. The summed E-state index contributed by atoms with van der Waals surface area (Å²) in [4.78, 5) is 22.8. The van der Waals surface area contributed by atoms with E-state index in [1.54, 1.807) is 26.2 Å². The number of carbonyl (C=O) groups is 1. The molecule has 0 amide bonds. The highest BCUT2D eigenvalue weighted by atomic mass is 16.6.